The molecule has 1 fully saturated rings. The van der Waals surface area contributed by atoms with Crippen molar-refractivity contribution in [2.24, 2.45) is 5.73 Å². The normalized spacial score (nSPS) is 19.2. The fourth-order valence-corrected chi connectivity index (χ4v) is 2.52. The molecule has 1 aromatic heterocycles. The van der Waals surface area contributed by atoms with Crippen LogP contribution in [0, 0.1) is 6.20 Å². The van der Waals surface area contributed by atoms with Gasteiger partial charge in [0, 0.05) is 29.6 Å². The molecular formula is C15H16N3. The molecule has 0 aliphatic carbocycles. The summed E-state index contributed by atoms with van der Waals surface area (Å²) in [6, 6.07) is 12.3. The highest BCUT2D eigenvalue weighted by atomic mass is 15.2. The molecule has 1 atom stereocenters. The Balaban J connectivity index is 2.05. The lowest BCUT2D eigenvalue weighted by molar-refractivity contribution is 0.701. The van der Waals surface area contributed by atoms with Gasteiger partial charge in [-0.15, -0.1) is 0 Å². The van der Waals surface area contributed by atoms with Crippen LogP contribution in [0.2, 0.25) is 0 Å². The summed E-state index contributed by atoms with van der Waals surface area (Å²) in [5.41, 5.74) is 9.52. The summed E-state index contributed by atoms with van der Waals surface area (Å²) in [6.45, 7) is 1.03. The Morgan fingerprint density at radius 1 is 1.22 bits per heavy atom. The first-order chi connectivity index (χ1) is 8.86. The predicted octanol–water partition coefficient (Wildman–Crippen LogP) is 2.43. The fraction of sp³-hybridized carbons (Fsp3) is 0.267. The first kappa shape index (κ1) is 11.2. The maximum atomic E-state index is 6.16. The summed E-state index contributed by atoms with van der Waals surface area (Å²) in [6.07, 6.45) is 7.14. The SMILES string of the molecule is NC1CCCN1c1ccccc1-c1[c]nccc1. The molecule has 0 saturated carbocycles. The number of pyridine rings is 1. The summed E-state index contributed by atoms with van der Waals surface area (Å²) in [5.74, 6) is 0. The smallest absolute Gasteiger partial charge is 0.0971 e. The molecule has 2 N–H and O–H groups in total. The lowest BCUT2D eigenvalue weighted by Gasteiger charge is -2.26. The molecule has 0 bridgehead atoms. The maximum Gasteiger partial charge on any atom is 0.0971 e. The number of aromatic nitrogens is 1. The number of para-hydroxylation sites is 1. The molecule has 1 aliphatic heterocycles. The van der Waals surface area contributed by atoms with E-state index in [9.17, 15) is 0 Å². The van der Waals surface area contributed by atoms with E-state index < -0.39 is 0 Å². The predicted molar refractivity (Wildman–Crippen MR) is 73.1 cm³/mol. The van der Waals surface area contributed by atoms with Gasteiger partial charge in [-0.05, 0) is 25.0 Å². The fourth-order valence-electron chi connectivity index (χ4n) is 2.52. The van der Waals surface area contributed by atoms with E-state index in [-0.39, 0.29) is 6.17 Å². The molecular weight excluding hydrogens is 222 g/mol. The summed E-state index contributed by atoms with van der Waals surface area (Å²) >= 11 is 0. The van der Waals surface area contributed by atoms with E-state index >= 15 is 0 Å². The Labute approximate surface area is 107 Å². The molecule has 2 aromatic rings. The molecule has 0 amide bonds. The lowest BCUT2D eigenvalue weighted by Crippen LogP contribution is -2.36. The van der Waals surface area contributed by atoms with Crippen LogP contribution in [0.5, 0.6) is 0 Å². The van der Waals surface area contributed by atoms with Gasteiger partial charge in [-0.2, -0.15) is 0 Å². The van der Waals surface area contributed by atoms with Crippen molar-refractivity contribution in [2.45, 2.75) is 19.0 Å². The minimum Gasteiger partial charge on any atom is -0.356 e. The highest BCUT2D eigenvalue weighted by Crippen LogP contribution is 2.33. The van der Waals surface area contributed by atoms with Crippen LogP contribution in [0.3, 0.4) is 0 Å². The lowest BCUT2D eigenvalue weighted by atomic mass is 10.0. The van der Waals surface area contributed by atoms with Crippen LogP contribution in [-0.4, -0.2) is 17.7 Å². The van der Waals surface area contributed by atoms with Crippen LogP contribution < -0.4 is 10.6 Å². The monoisotopic (exact) mass is 238 g/mol. The minimum atomic E-state index is 0.128. The van der Waals surface area contributed by atoms with Gasteiger partial charge in [0.15, 0.2) is 0 Å². The van der Waals surface area contributed by atoms with Gasteiger partial charge in [-0.3, -0.25) is 4.98 Å². The first-order valence-electron chi connectivity index (χ1n) is 6.30. The summed E-state index contributed by atoms with van der Waals surface area (Å²) < 4.78 is 0. The summed E-state index contributed by atoms with van der Waals surface area (Å²) in [4.78, 5) is 6.35. The molecule has 3 heteroatoms. The van der Waals surface area contributed by atoms with Crippen LogP contribution in [0.15, 0.2) is 42.6 Å². The van der Waals surface area contributed by atoms with E-state index in [0.29, 0.717) is 0 Å². The van der Waals surface area contributed by atoms with Crippen LogP contribution >= 0.6 is 0 Å². The number of benzene rings is 1. The van der Waals surface area contributed by atoms with Crippen molar-refractivity contribution >= 4 is 5.69 Å². The molecule has 2 heterocycles. The van der Waals surface area contributed by atoms with Crippen LogP contribution in [-0.2, 0) is 0 Å². The molecule has 1 aromatic carbocycles. The van der Waals surface area contributed by atoms with E-state index in [4.69, 9.17) is 5.73 Å². The van der Waals surface area contributed by atoms with Crippen LogP contribution in [0.4, 0.5) is 5.69 Å². The van der Waals surface area contributed by atoms with Crippen molar-refractivity contribution in [3.8, 4) is 11.1 Å². The summed E-state index contributed by atoms with van der Waals surface area (Å²) in [5, 5.41) is 0. The van der Waals surface area contributed by atoms with Crippen molar-refractivity contribution in [2.75, 3.05) is 11.4 Å². The topological polar surface area (TPSA) is 42.1 Å². The Kier molecular flexibility index (Phi) is 2.99. The average Bonchev–Trinajstić information content (AvgIpc) is 2.86. The maximum absolute atomic E-state index is 6.16. The molecule has 1 saturated heterocycles. The van der Waals surface area contributed by atoms with Gasteiger partial charge in [0.2, 0.25) is 0 Å². The van der Waals surface area contributed by atoms with E-state index in [0.717, 1.165) is 30.5 Å². The molecule has 3 rings (SSSR count). The molecule has 3 nitrogen and oxygen atoms in total. The number of anilines is 1. The quantitative estimate of drug-likeness (QED) is 0.873. The number of nitrogens with zero attached hydrogens (tertiary/aromatic N) is 2. The Morgan fingerprint density at radius 3 is 2.83 bits per heavy atom. The van der Waals surface area contributed by atoms with Gasteiger partial charge in [0.25, 0.3) is 0 Å². The van der Waals surface area contributed by atoms with Gasteiger partial charge in [-0.1, -0.05) is 24.3 Å². The summed E-state index contributed by atoms with van der Waals surface area (Å²) in [7, 11) is 0. The van der Waals surface area contributed by atoms with Gasteiger partial charge in [0.1, 0.15) is 0 Å². The molecule has 91 valence electrons. The average molecular weight is 238 g/mol. The Bertz CT molecular complexity index is 524. The van der Waals surface area contributed by atoms with Crippen molar-refractivity contribution in [3.05, 3.63) is 48.8 Å². The zero-order chi connectivity index (χ0) is 12.4. The van der Waals surface area contributed by atoms with Crippen molar-refractivity contribution in [1.29, 1.82) is 0 Å². The van der Waals surface area contributed by atoms with Crippen LogP contribution in [0.1, 0.15) is 12.8 Å². The molecule has 18 heavy (non-hydrogen) atoms. The van der Waals surface area contributed by atoms with E-state index in [1.54, 1.807) is 6.20 Å². The van der Waals surface area contributed by atoms with Crippen molar-refractivity contribution in [3.63, 3.8) is 0 Å². The molecule has 1 aliphatic rings. The highest BCUT2D eigenvalue weighted by molar-refractivity contribution is 5.78. The van der Waals surface area contributed by atoms with E-state index in [1.807, 2.05) is 18.2 Å². The number of hydrogen-bond donors (Lipinski definition) is 1. The molecule has 0 spiro atoms. The highest BCUT2D eigenvalue weighted by Gasteiger charge is 2.23. The van der Waals surface area contributed by atoms with Crippen molar-refractivity contribution in [1.82, 2.24) is 4.98 Å². The van der Waals surface area contributed by atoms with Gasteiger partial charge in [0.05, 0.1) is 12.4 Å². The molecule has 1 radical (unpaired) electrons. The largest absolute Gasteiger partial charge is 0.356 e. The second-order valence-corrected chi connectivity index (χ2v) is 4.58. The second kappa shape index (κ2) is 4.78. The number of rotatable bonds is 2. The zero-order valence-electron chi connectivity index (χ0n) is 10.2. The van der Waals surface area contributed by atoms with Gasteiger partial charge >= 0.3 is 0 Å². The van der Waals surface area contributed by atoms with Gasteiger partial charge < -0.3 is 10.6 Å². The number of hydrogen-bond acceptors (Lipinski definition) is 3. The first-order valence-corrected chi connectivity index (χ1v) is 6.30. The minimum absolute atomic E-state index is 0.128. The van der Waals surface area contributed by atoms with Crippen molar-refractivity contribution < 1.29 is 0 Å². The third-order valence-electron chi connectivity index (χ3n) is 3.41. The Hall–Kier alpha value is -1.87. The third kappa shape index (κ3) is 1.97. The van der Waals surface area contributed by atoms with Gasteiger partial charge in [-0.25, -0.2) is 0 Å². The van der Waals surface area contributed by atoms with E-state index in [2.05, 4.69) is 34.3 Å². The Morgan fingerprint density at radius 2 is 2.11 bits per heavy atom. The number of nitrogens with two attached hydrogens (primary N) is 1. The molecule has 1 unspecified atom stereocenters. The standard InChI is InChI=1S/C15H16N3/c16-15-8-4-10-18(15)14-7-2-1-6-13(14)12-5-3-9-17-11-12/h1-3,5-7,9,15H,4,8,10,16H2. The zero-order valence-corrected chi connectivity index (χ0v) is 10.2. The van der Waals surface area contributed by atoms with E-state index in [1.165, 1.54) is 5.69 Å². The second-order valence-electron chi connectivity index (χ2n) is 4.58. The van der Waals surface area contributed by atoms with Crippen LogP contribution in [0.25, 0.3) is 11.1 Å². The third-order valence-corrected chi connectivity index (χ3v) is 3.41.